The Kier molecular flexibility index (Phi) is 2.08. The van der Waals surface area contributed by atoms with Crippen molar-refractivity contribution >= 4 is 0 Å². The van der Waals surface area contributed by atoms with E-state index in [1.807, 2.05) is 10.6 Å². The van der Waals surface area contributed by atoms with Gasteiger partial charge in [0.25, 0.3) is 5.56 Å². The second kappa shape index (κ2) is 3.47. The number of likely N-dealkylation sites (tertiary alicyclic amines) is 1. The summed E-state index contributed by atoms with van der Waals surface area (Å²) in [5.41, 5.74) is 1.47. The van der Waals surface area contributed by atoms with Crippen LogP contribution in [0.2, 0.25) is 0 Å². The second-order valence-corrected chi connectivity index (χ2v) is 6.47. The number of hydrogen-bond acceptors (Lipinski definition) is 2. The van der Waals surface area contributed by atoms with Crippen LogP contribution in [0.15, 0.2) is 23.0 Å². The molecule has 0 radical (unpaired) electrons. The minimum absolute atomic E-state index is 0.193. The van der Waals surface area contributed by atoms with Crippen LogP contribution in [-0.4, -0.2) is 29.1 Å². The summed E-state index contributed by atoms with van der Waals surface area (Å²) < 4.78 is 2.05. The zero-order valence-electron chi connectivity index (χ0n) is 11.0. The van der Waals surface area contributed by atoms with E-state index in [0.717, 1.165) is 24.9 Å². The molecule has 3 heteroatoms. The Labute approximate surface area is 107 Å². The number of piperidine rings is 1. The number of likely N-dealkylation sites (N-methyl/N-ethyl adjacent to an activating group) is 1. The highest BCUT2D eigenvalue weighted by atomic mass is 16.1. The molecule has 3 heterocycles. The maximum Gasteiger partial charge on any atom is 0.250 e. The maximum absolute atomic E-state index is 12.0. The highest BCUT2D eigenvalue weighted by Crippen LogP contribution is 2.53. The van der Waals surface area contributed by atoms with Gasteiger partial charge in [0.15, 0.2) is 0 Å². The van der Waals surface area contributed by atoms with Gasteiger partial charge in [0.1, 0.15) is 0 Å². The van der Waals surface area contributed by atoms with Crippen LogP contribution >= 0.6 is 0 Å². The molecule has 0 spiro atoms. The third kappa shape index (κ3) is 1.21. The molecular formula is C15H20N2O. The number of pyridine rings is 1. The number of aromatic nitrogens is 1. The highest BCUT2D eigenvalue weighted by Gasteiger charge is 2.53. The number of nitrogens with zero attached hydrogens (tertiary/aromatic N) is 2. The number of rotatable bonds is 0. The number of fused-ring (bicyclic) bond motifs is 2. The quantitative estimate of drug-likeness (QED) is 0.691. The molecule has 2 aliphatic heterocycles. The Morgan fingerprint density at radius 3 is 2.94 bits per heavy atom. The fourth-order valence-corrected chi connectivity index (χ4v) is 4.96. The predicted octanol–water partition coefficient (Wildman–Crippen LogP) is 1.53. The zero-order chi connectivity index (χ0) is 12.4. The van der Waals surface area contributed by atoms with Crippen molar-refractivity contribution in [1.29, 1.82) is 0 Å². The van der Waals surface area contributed by atoms with Gasteiger partial charge in [-0.1, -0.05) is 13.0 Å². The van der Waals surface area contributed by atoms with Crippen molar-refractivity contribution in [1.82, 2.24) is 9.47 Å². The van der Waals surface area contributed by atoms with Crippen LogP contribution in [0, 0.1) is 17.8 Å². The molecule has 0 aromatic carbocycles. The summed E-state index contributed by atoms with van der Waals surface area (Å²) in [5.74, 6) is 2.86. The molecule has 5 atom stereocenters. The Balaban J connectivity index is 1.91. The molecule has 3 aliphatic rings. The van der Waals surface area contributed by atoms with E-state index in [2.05, 4.69) is 24.9 Å². The van der Waals surface area contributed by atoms with Crippen LogP contribution in [0.3, 0.4) is 0 Å². The minimum Gasteiger partial charge on any atom is -0.312 e. The summed E-state index contributed by atoms with van der Waals surface area (Å²) in [6.07, 6.45) is 1.31. The summed E-state index contributed by atoms with van der Waals surface area (Å²) >= 11 is 0. The summed E-state index contributed by atoms with van der Waals surface area (Å²) in [5, 5.41) is 0. The Hall–Kier alpha value is -1.09. The lowest BCUT2D eigenvalue weighted by molar-refractivity contribution is 0.0600. The second-order valence-electron chi connectivity index (χ2n) is 6.47. The average Bonchev–Trinajstić information content (AvgIpc) is 2.60. The van der Waals surface area contributed by atoms with Crippen molar-refractivity contribution in [3.05, 3.63) is 34.2 Å². The molecule has 1 saturated carbocycles. The zero-order valence-corrected chi connectivity index (χ0v) is 11.0. The van der Waals surface area contributed by atoms with Gasteiger partial charge < -0.3 is 9.47 Å². The third-order valence-electron chi connectivity index (χ3n) is 5.63. The molecular weight excluding hydrogens is 224 g/mol. The predicted molar refractivity (Wildman–Crippen MR) is 70.6 cm³/mol. The van der Waals surface area contributed by atoms with Crippen molar-refractivity contribution < 1.29 is 0 Å². The maximum atomic E-state index is 12.0. The Morgan fingerprint density at radius 2 is 2.11 bits per heavy atom. The van der Waals surface area contributed by atoms with Gasteiger partial charge in [-0.2, -0.15) is 0 Å². The lowest BCUT2D eigenvalue weighted by Gasteiger charge is -2.47. The fraction of sp³-hybridized carbons (Fsp3) is 0.667. The van der Waals surface area contributed by atoms with Crippen molar-refractivity contribution in [2.75, 3.05) is 13.6 Å². The van der Waals surface area contributed by atoms with E-state index in [-0.39, 0.29) is 5.56 Å². The molecule has 2 fully saturated rings. The first-order chi connectivity index (χ1) is 8.66. The van der Waals surface area contributed by atoms with E-state index in [4.69, 9.17) is 0 Å². The van der Waals surface area contributed by atoms with Crippen molar-refractivity contribution in [3.63, 3.8) is 0 Å². The first-order valence-corrected chi connectivity index (χ1v) is 7.07. The van der Waals surface area contributed by atoms with Crippen molar-refractivity contribution in [2.45, 2.75) is 31.8 Å². The molecule has 18 heavy (non-hydrogen) atoms. The minimum atomic E-state index is 0.193. The highest BCUT2D eigenvalue weighted by molar-refractivity contribution is 5.22. The van der Waals surface area contributed by atoms with E-state index in [0.29, 0.717) is 17.9 Å². The van der Waals surface area contributed by atoms with E-state index in [1.165, 1.54) is 12.1 Å². The molecule has 1 aliphatic carbocycles. The Bertz CT molecular complexity index is 550. The van der Waals surface area contributed by atoms with Crippen molar-refractivity contribution in [2.24, 2.45) is 17.8 Å². The van der Waals surface area contributed by atoms with Crippen LogP contribution in [0.1, 0.15) is 25.0 Å². The summed E-state index contributed by atoms with van der Waals surface area (Å²) in [6.45, 7) is 4.47. The van der Waals surface area contributed by atoms with Gasteiger partial charge in [0.05, 0.1) is 0 Å². The Morgan fingerprint density at radius 1 is 1.28 bits per heavy atom. The van der Waals surface area contributed by atoms with Gasteiger partial charge in [0, 0.05) is 36.8 Å². The molecule has 2 unspecified atom stereocenters. The van der Waals surface area contributed by atoms with E-state index >= 15 is 0 Å². The van der Waals surface area contributed by atoms with Crippen LogP contribution in [0.5, 0.6) is 0 Å². The topological polar surface area (TPSA) is 25.2 Å². The summed E-state index contributed by atoms with van der Waals surface area (Å²) in [7, 11) is 2.26. The molecule has 1 aromatic heterocycles. The van der Waals surface area contributed by atoms with Crippen molar-refractivity contribution in [3.8, 4) is 0 Å². The van der Waals surface area contributed by atoms with Gasteiger partial charge >= 0.3 is 0 Å². The van der Waals surface area contributed by atoms with Gasteiger partial charge in [-0.15, -0.1) is 0 Å². The molecule has 4 bridgehead atoms. The third-order valence-corrected chi connectivity index (χ3v) is 5.63. The average molecular weight is 244 g/mol. The van der Waals surface area contributed by atoms with E-state index in [1.54, 1.807) is 6.07 Å². The van der Waals surface area contributed by atoms with Crippen LogP contribution in [0.4, 0.5) is 0 Å². The first-order valence-electron chi connectivity index (χ1n) is 7.07. The van der Waals surface area contributed by atoms with E-state index < -0.39 is 0 Å². The fourth-order valence-electron chi connectivity index (χ4n) is 4.96. The molecule has 0 N–H and O–H groups in total. The molecule has 1 saturated heterocycles. The lowest BCUT2D eigenvalue weighted by Crippen LogP contribution is -2.52. The molecule has 1 aromatic rings. The summed E-state index contributed by atoms with van der Waals surface area (Å²) in [4.78, 5) is 14.6. The smallest absolute Gasteiger partial charge is 0.250 e. The van der Waals surface area contributed by atoms with Gasteiger partial charge in [0.2, 0.25) is 0 Å². The summed E-state index contributed by atoms with van der Waals surface area (Å²) in [6, 6.07) is 6.50. The number of hydrogen-bond donors (Lipinski definition) is 0. The molecule has 0 amide bonds. The van der Waals surface area contributed by atoms with Crippen LogP contribution in [0.25, 0.3) is 0 Å². The SMILES string of the molecule is C[C@@H]1CC2[C@H]3Cn4c(cccc4=O)[C@@H](CN2C)C31. The standard InChI is InChI=1S/C15H20N2O/c1-9-6-13-11-8-17-12(4-3-5-14(17)18)10(15(9)11)7-16(13)2/h3-5,9-11,13,15H,6-8H2,1-2H3/t9-,10-,11-,13?,15?/m1/s1. The van der Waals surface area contributed by atoms with Gasteiger partial charge in [-0.05, 0) is 37.3 Å². The molecule has 4 rings (SSSR count). The largest absolute Gasteiger partial charge is 0.312 e. The van der Waals surface area contributed by atoms with Gasteiger partial charge in [-0.3, -0.25) is 4.79 Å². The van der Waals surface area contributed by atoms with Gasteiger partial charge in [-0.25, -0.2) is 0 Å². The van der Waals surface area contributed by atoms with E-state index in [9.17, 15) is 4.79 Å². The lowest BCUT2D eigenvalue weighted by atomic mass is 9.72. The monoisotopic (exact) mass is 244 g/mol. The van der Waals surface area contributed by atoms with Crippen LogP contribution in [-0.2, 0) is 6.54 Å². The molecule has 3 nitrogen and oxygen atoms in total. The first kappa shape index (κ1) is 10.8. The van der Waals surface area contributed by atoms with Crippen LogP contribution < -0.4 is 5.56 Å². The molecule has 96 valence electrons. The normalized spacial score (nSPS) is 41.8.